The summed E-state index contributed by atoms with van der Waals surface area (Å²) in [6.07, 6.45) is 6.56. The number of nitrogens with one attached hydrogen (secondary N) is 1. The molecule has 1 rings (SSSR count). The Labute approximate surface area is 87.5 Å². The third kappa shape index (κ3) is 3.79. The summed E-state index contributed by atoms with van der Waals surface area (Å²) < 4.78 is 0. The molecule has 82 valence electrons. The standard InChI is InChI=1S/C12H23NO/c1-10-5-7-11(8-6-10)12(14)4-3-9-13-2/h10-11,13H,3-9H2,1-2H3. The number of Topliss-reactive ketones (excluding diaryl/α,β-unsaturated/α-hetero) is 1. The molecule has 0 heterocycles. The van der Waals surface area contributed by atoms with Crippen molar-refractivity contribution in [2.75, 3.05) is 13.6 Å². The first-order valence-electron chi connectivity index (χ1n) is 5.91. The van der Waals surface area contributed by atoms with E-state index in [1.54, 1.807) is 0 Å². The topological polar surface area (TPSA) is 29.1 Å². The van der Waals surface area contributed by atoms with E-state index in [0.717, 1.165) is 38.1 Å². The van der Waals surface area contributed by atoms with Gasteiger partial charge in [-0.05, 0) is 38.8 Å². The zero-order valence-electron chi connectivity index (χ0n) is 9.51. The van der Waals surface area contributed by atoms with Crippen molar-refractivity contribution in [3.63, 3.8) is 0 Å². The monoisotopic (exact) mass is 197 g/mol. The van der Waals surface area contributed by atoms with E-state index in [1.165, 1.54) is 12.8 Å². The Morgan fingerprint density at radius 2 is 1.93 bits per heavy atom. The first-order valence-corrected chi connectivity index (χ1v) is 5.91. The van der Waals surface area contributed by atoms with Gasteiger partial charge in [-0.2, -0.15) is 0 Å². The van der Waals surface area contributed by atoms with Crippen LogP contribution in [-0.4, -0.2) is 19.4 Å². The highest BCUT2D eigenvalue weighted by atomic mass is 16.1. The summed E-state index contributed by atoms with van der Waals surface area (Å²) in [7, 11) is 1.94. The predicted molar refractivity (Wildman–Crippen MR) is 59.3 cm³/mol. The fraction of sp³-hybridized carbons (Fsp3) is 0.917. The van der Waals surface area contributed by atoms with Crippen LogP contribution >= 0.6 is 0 Å². The Bertz CT molecular complexity index is 171. The molecule has 1 fully saturated rings. The molecule has 0 spiro atoms. The molecule has 1 aliphatic rings. The van der Waals surface area contributed by atoms with Crippen LogP contribution in [0.3, 0.4) is 0 Å². The number of hydrogen-bond acceptors (Lipinski definition) is 2. The van der Waals surface area contributed by atoms with Crippen molar-refractivity contribution in [1.29, 1.82) is 0 Å². The lowest BCUT2D eigenvalue weighted by atomic mass is 9.80. The summed E-state index contributed by atoms with van der Waals surface area (Å²) >= 11 is 0. The zero-order chi connectivity index (χ0) is 10.4. The Morgan fingerprint density at radius 1 is 1.29 bits per heavy atom. The van der Waals surface area contributed by atoms with E-state index in [-0.39, 0.29) is 0 Å². The lowest BCUT2D eigenvalue weighted by Gasteiger charge is -2.24. The van der Waals surface area contributed by atoms with Gasteiger partial charge < -0.3 is 5.32 Å². The van der Waals surface area contributed by atoms with Crippen molar-refractivity contribution in [3.05, 3.63) is 0 Å². The van der Waals surface area contributed by atoms with Gasteiger partial charge in [0.1, 0.15) is 5.78 Å². The third-order valence-electron chi connectivity index (χ3n) is 3.32. The van der Waals surface area contributed by atoms with Gasteiger partial charge in [-0.1, -0.05) is 19.8 Å². The number of ketones is 1. The molecule has 0 bridgehead atoms. The second-order valence-corrected chi connectivity index (χ2v) is 4.63. The molecule has 0 aromatic heterocycles. The number of carbonyl (C=O) groups excluding carboxylic acids is 1. The van der Waals surface area contributed by atoms with E-state index in [2.05, 4.69) is 12.2 Å². The van der Waals surface area contributed by atoms with Gasteiger partial charge in [0.2, 0.25) is 0 Å². The molecule has 0 amide bonds. The van der Waals surface area contributed by atoms with E-state index in [9.17, 15) is 4.79 Å². The summed E-state index contributed by atoms with van der Waals surface area (Å²) in [5.74, 6) is 1.74. The lowest BCUT2D eigenvalue weighted by molar-refractivity contribution is -0.124. The van der Waals surface area contributed by atoms with Gasteiger partial charge in [0, 0.05) is 12.3 Å². The maximum absolute atomic E-state index is 11.8. The minimum absolute atomic E-state index is 0.392. The molecule has 0 unspecified atom stereocenters. The van der Waals surface area contributed by atoms with Crippen molar-refractivity contribution in [3.8, 4) is 0 Å². The van der Waals surface area contributed by atoms with Crippen LogP contribution in [0.5, 0.6) is 0 Å². The highest BCUT2D eigenvalue weighted by molar-refractivity contribution is 5.81. The van der Waals surface area contributed by atoms with Crippen LogP contribution in [0.2, 0.25) is 0 Å². The first-order chi connectivity index (χ1) is 6.74. The van der Waals surface area contributed by atoms with Crippen molar-refractivity contribution < 1.29 is 4.79 Å². The summed E-state index contributed by atoms with van der Waals surface area (Å²) in [5, 5.41) is 3.08. The zero-order valence-corrected chi connectivity index (χ0v) is 9.51. The first kappa shape index (κ1) is 11.7. The molecule has 2 heteroatoms. The fourth-order valence-corrected chi connectivity index (χ4v) is 2.23. The van der Waals surface area contributed by atoms with Crippen LogP contribution in [0.4, 0.5) is 0 Å². The number of rotatable bonds is 5. The SMILES string of the molecule is CNCCCC(=O)C1CCC(C)CC1. The average Bonchev–Trinajstić information content (AvgIpc) is 2.19. The average molecular weight is 197 g/mol. The number of carbonyl (C=O) groups is 1. The van der Waals surface area contributed by atoms with Crippen LogP contribution in [-0.2, 0) is 4.79 Å². The Kier molecular flexibility index (Phi) is 5.16. The smallest absolute Gasteiger partial charge is 0.136 e. The molecule has 2 nitrogen and oxygen atoms in total. The molecular formula is C12H23NO. The van der Waals surface area contributed by atoms with Crippen LogP contribution in [0.15, 0.2) is 0 Å². The van der Waals surface area contributed by atoms with E-state index in [4.69, 9.17) is 0 Å². The quantitative estimate of drug-likeness (QED) is 0.686. The summed E-state index contributed by atoms with van der Waals surface area (Å²) in [6, 6.07) is 0. The van der Waals surface area contributed by atoms with Crippen molar-refractivity contribution >= 4 is 5.78 Å². The normalized spacial score (nSPS) is 27.6. The molecule has 0 aliphatic heterocycles. The van der Waals surface area contributed by atoms with E-state index in [0.29, 0.717) is 11.7 Å². The highest BCUT2D eigenvalue weighted by Crippen LogP contribution is 2.29. The molecular weight excluding hydrogens is 174 g/mol. The molecule has 14 heavy (non-hydrogen) atoms. The van der Waals surface area contributed by atoms with E-state index >= 15 is 0 Å². The largest absolute Gasteiger partial charge is 0.320 e. The molecule has 1 saturated carbocycles. The predicted octanol–water partition coefficient (Wildman–Crippen LogP) is 2.38. The van der Waals surface area contributed by atoms with Crippen molar-refractivity contribution in [2.24, 2.45) is 11.8 Å². The van der Waals surface area contributed by atoms with Crippen LogP contribution in [0, 0.1) is 11.8 Å². The molecule has 0 aromatic rings. The molecule has 1 N–H and O–H groups in total. The highest BCUT2D eigenvalue weighted by Gasteiger charge is 2.23. The number of hydrogen-bond donors (Lipinski definition) is 1. The van der Waals surface area contributed by atoms with Gasteiger partial charge in [0.05, 0.1) is 0 Å². The Morgan fingerprint density at radius 3 is 2.50 bits per heavy atom. The third-order valence-corrected chi connectivity index (χ3v) is 3.32. The minimum atomic E-state index is 0.392. The maximum Gasteiger partial charge on any atom is 0.136 e. The van der Waals surface area contributed by atoms with Gasteiger partial charge in [-0.25, -0.2) is 0 Å². The summed E-state index contributed by atoms with van der Waals surface area (Å²) in [4.78, 5) is 11.8. The molecule has 0 saturated heterocycles. The molecule has 0 aromatic carbocycles. The van der Waals surface area contributed by atoms with Crippen LogP contribution in [0.1, 0.15) is 45.4 Å². The fourth-order valence-electron chi connectivity index (χ4n) is 2.23. The van der Waals surface area contributed by atoms with Gasteiger partial charge in [-0.3, -0.25) is 4.79 Å². The van der Waals surface area contributed by atoms with Gasteiger partial charge in [-0.15, -0.1) is 0 Å². The Balaban J connectivity index is 2.17. The van der Waals surface area contributed by atoms with E-state index in [1.807, 2.05) is 7.05 Å². The van der Waals surface area contributed by atoms with Crippen LogP contribution < -0.4 is 5.32 Å². The van der Waals surface area contributed by atoms with Gasteiger partial charge in [0.15, 0.2) is 0 Å². The van der Waals surface area contributed by atoms with Crippen molar-refractivity contribution in [2.45, 2.75) is 45.4 Å². The lowest BCUT2D eigenvalue weighted by Crippen LogP contribution is -2.21. The van der Waals surface area contributed by atoms with Crippen LogP contribution in [0.25, 0.3) is 0 Å². The second kappa shape index (κ2) is 6.18. The molecule has 0 radical (unpaired) electrons. The van der Waals surface area contributed by atoms with Gasteiger partial charge >= 0.3 is 0 Å². The minimum Gasteiger partial charge on any atom is -0.320 e. The maximum atomic E-state index is 11.8. The summed E-state index contributed by atoms with van der Waals surface area (Å²) in [5.41, 5.74) is 0. The Hall–Kier alpha value is -0.370. The molecule has 0 atom stereocenters. The van der Waals surface area contributed by atoms with E-state index < -0.39 is 0 Å². The van der Waals surface area contributed by atoms with Crippen molar-refractivity contribution in [1.82, 2.24) is 5.32 Å². The molecule has 1 aliphatic carbocycles. The van der Waals surface area contributed by atoms with Gasteiger partial charge in [0.25, 0.3) is 0 Å². The summed E-state index contributed by atoms with van der Waals surface area (Å²) in [6.45, 7) is 3.26. The second-order valence-electron chi connectivity index (χ2n) is 4.63.